The Kier molecular flexibility index (Phi) is 5.22. The molecule has 0 spiro atoms. The number of para-hydroxylation sites is 1. The fourth-order valence-corrected chi connectivity index (χ4v) is 3.02. The van der Waals surface area contributed by atoms with Crippen LogP contribution in [0, 0.1) is 6.92 Å². The molecule has 1 aromatic carbocycles. The number of amides is 1. The molecule has 8 nitrogen and oxygen atoms in total. The van der Waals surface area contributed by atoms with Gasteiger partial charge in [-0.1, -0.05) is 19.1 Å². The number of alkyl carbamates (subject to hydrolysis) is 1. The van der Waals surface area contributed by atoms with E-state index in [1.165, 1.54) is 4.57 Å². The number of carbonyl (C=O) groups is 1. The van der Waals surface area contributed by atoms with E-state index in [2.05, 4.69) is 15.5 Å². The summed E-state index contributed by atoms with van der Waals surface area (Å²) in [6, 6.07) is 4.97. The van der Waals surface area contributed by atoms with E-state index in [-0.39, 0.29) is 5.56 Å². The normalized spacial score (nSPS) is 12.8. The second-order valence-corrected chi connectivity index (χ2v) is 7.65. The number of H-pyrrole nitrogens is 1. The number of carbonyl (C=O) groups excluding carboxylic acids is 1. The molecule has 0 radical (unpaired) electrons. The van der Waals surface area contributed by atoms with Gasteiger partial charge in [-0.2, -0.15) is 5.10 Å². The molecule has 0 fully saturated rings. The van der Waals surface area contributed by atoms with Crippen LogP contribution < -0.4 is 10.9 Å². The summed E-state index contributed by atoms with van der Waals surface area (Å²) in [5.41, 5.74) is 1.23. The van der Waals surface area contributed by atoms with E-state index in [1.54, 1.807) is 39.2 Å². The fraction of sp³-hybridized carbons (Fsp3) is 0.400. The molecule has 0 bridgehead atoms. The highest BCUT2D eigenvalue weighted by Gasteiger charge is 2.25. The first kappa shape index (κ1) is 19.6. The van der Waals surface area contributed by atoms with Gasteiger partial charge in [0.2, 0.25) is 0 Å². The lowest BCUT2D eigenvalue weighted by molar-refractivity contribution is 0.0499. The molecule has 3 aromatic rings. The summed E-state index contributed by atoms with van der Waals surface area (Å²) in [5.74, 6) is 0.432. The van der Waals surface area contributed by atoms with E-state index in [1.807, 2.05) is 26.0 Å². The van der Waals surface area contributed by atoms with Gasteiger partial charge in [0, 0.05) is 6.20 Å². The first-order valence-electron chi connectivity index (χ1n) is 9.22. The minimum atomic E-state index is -0.625. The molecule has 0 aliphatic rings. The van der Waals surface area contributed by atoms with Gasteiger partial charge in [0.25, 0.3) is 5.56 Å². The Bertz CT molecular complexity index is 1050. The van der Waals surface area contributed by atoms with Gasteiger partial charge in [-0.25, -0.2) is 9.78 Å². The van der Waals surface area contributed by atoms with Gasteiger partial charge in [0.15, 0.2) is 0 Å². The molecule has 8 heteroatoms. The molecule has 1 unspecified atom stereocenters. The standard InChI is InChI=1S/C20H25N5O3/c1-6-15(23-19(27)28-20(3,4)5)17-24-16-12(2)8-7-9-14(16)18(26)25(17)13-10-21-22-11-13/h7-11,15H,6H2,1-5H3,(H,21,22)(H,23,27). The molecule has 28 heavy (non-hydrogen) atoms. The van der Waals surface area contributed by atoms with Gasteiger partial charge >= 0.3 is 6.09 Å². The molecule has 0 saturated heterocycles. The van der Waals surface area contributed by atoms with Crippen molar-refractivity contribution in [2.24, 2.45) is 0 Å². The highest BCUT2D eigenvalue weighted by molar-refractivity contribution is 5.81. The van der Waals surface area contributed by atoms with Gasteiger partial charge in [-0.05, 0) is 45.7 Å². The minimum Gasteiger partial charge on any atom is -0.444 e. The second kappa shape index (κ2) is 7.46. The molecule has 0 aliphatic carbocycles. The highest BCUT2D eigenvalue weighted by Crippen LogP contribution is 2.22. The van der Waals surface area contributed by atoms with Crippen molar-refractivity contribution >= 4 is 17.0 Å². The van der Waals surface area contributed by atoms with Gasteiger partial charge in [0.1, 0.15) is 11.4 Å². The number of benzene rings is 1. The first-order valence-corrected chi connectivity index (χ1v) is 9.22. The number of rotatable bonds is 4. The zero-order valence-electron chi connectivity index (χ0n) is 16.7. The van der Waals surface area contributed by atoms with Crippen LogP contribution in [0.4, 0.5) is 4.79 Å². The second-order valence-electron chi connectivity index (χ2n) is 7.65. The van der Waals surface area contributed by atoms with Gasteiger partial charge < -0.3 is 10.1 Å². The summed E-state index contributed by atoms with van der Waals surface area (Å²) in [7, 11) is 0. The van der Waals surface area contributed by atoms with Gasteiger partial charge in [-0.15, -0.1) is 0 Å². The number of ether oxygens (including phenoxy) is 1. The van der Waals surface area contributed by atoms with Crippen molar-refractivity contribution in [1.82, 2.24) is 25.1 Å². The number of aromatic amines is 1. The number of aryl methyl sites for hydroxylation is 1. The van der Waals surface area contributed by atoms with E-state index >= 15 is 0 Å². The summed E-state index contributed by atoms with van der Waals surface area (Å²) in [6.45, 7) is 9.21. The SMILES string of the molecule is CCC(NC(=O)OC(C)(C)C)c1nc2c(C)cccc2c(=O)n1-c1cn[nH]c1. The molecule has 1 atom stereocenters. The van der Waals surface area contributed by atoms with Crippen LogP contribution in [0.3, 0.4) is 0 Å². The summed E-state index contributed by atoms with van der Waals surface area (Å²) < 4.78 is 6.86. The predicted octanol–water partition coefficient (Wildman–Crippen LogP) is 3.39. The number of nitrogens with zero attached hydrogens (tertiary/aromatic N) is 3. The third-order valence-corrected chi connectivity index (χ3v) is 4.28. The number of fused-ring (bicyclic) bond motifs is 1. The van der Waals surface area contributed by atoms with Crippen molar-refractivity contribution in [2.75, 3.05) is 0 Å². The molecule has 2 heterocycles. The summed E-state index contributed by atoms with van der Waals surface area (Å²) >= 11 is 0. The van der Waals surface area contributed by atoms with E-state index in [4.69, 9.17) is 9.72 Å². The molecular formula is C20H25N5O3. The van der Waals surface area contributed by atoms with E-state index in [0.29, 0.717) is 28.8 Å². The Hall–Kier alpha value is -3.16. The smallest absolute Gasteiger partial charge is 0.408 e. The number of hydrogen-bond acceptors (Lipinski definition) is 5. The minimum absolute atomic E-state index is 0.213. The largest absolute Gasteiger partial charge is 0.444 e. The number of hydrogen-bond donors (Lipinski definition) is 2. The average molecular weight is 383 g/mol. The third-order valence-electron chi connectivity index (χ3n) is 4.28. The Morgan fingerprint density at radius 2 is 2.11 bits per heavy atom. The molecule has 0 saturated carbocycles. The fourth-order valence-electron chi connectivity index (χ4n) is 3.02. The molecule has 2 N–H and O–H groups in total. The molecule has 3 rings (SSSR count). The van der Waals surface area contributed by atoms with Crippen LogP contribution in [0.25, 0.3) is 16.6 Å². The van der Waals surface area contributed by atoms with E-state index in [0.717, 1.165) is 5.56 Å². The maximum absolute atomic E-state index is 13.3. The summed E-state index contributed by atoms with van der Waals surface area (Å²) in [4.78, 5) is 30.4. The van der Waals surface area contributed by atoms with E-state index in [9.17, 15) is 9.59 Å². The van der Waals surface area contributed by atoms with Crippen molar-refractivity contribution in [2.45, 2.75) is 52.7 Å². The van der Waals surface area contributed by atoms with Crippen molar-refractivity contribution in [3.63, 3.8) is 0 Å². The lowest BCUT2D eigenvalue weighted by Crippen LogP contribution is -2.37. The van der Waals surface area contributed by atoms with Crippen molar-refractivity contribution in [1.29, 1.82) is 0 Å². The lowest BCUT2D eigenvalue weighted by atomic mass is 10.1. The first-order chi connectivity index (χ1) is 13.2. The van der Waals surface area contributed by atoms with Crippen LogP contribution in [0.1, 0.15) is 51.5 Å². The Morgan fingerprint density at radius 3 is 2.71 bits per heavy atom. The van der Waals surface area contributed by atoms with Crippen LogP contribution in [0.15, 0.2) is 35.4 Å². The third kappa shape index (κ3) is 3.90. The molecule has 2 aromatic heterocycles. The van der Waals surface area contributed by atoms with Gasteiger partial charge in [-0.3, -0.25) is 14.5 Å². The molecule has 0 aliphatic heterocycles. The summed E-state index contributed by atoms with van der Waals surface area (Å²) in [6.07, 6.45) is 3.14. The Labute approximate surface area is 162 Å². The zero-order chi connectivity index (χ0) is 20.5. The Balaban J connectivity index is 2.17. The molecular weight excluding hydrogens is 358 g/mol. The number of nitrogens with one attached hydrogen (secondary N) is 2. The molecule has 148 valence electrons. The quantitative estimate of drug-likeness (QED) is 0.719. The van der Waals surface area contributed by atoms with Crippen LogP contribution in [-0.2, 0) is 4.74 Å². The number of aromatic nitrogens is 4. The van der Waals surface area contributed by atoms with Crippen molar-refractivity contribution in [3.8, 4) is 5.69 Å². The van der Waals surface area contributed by atoms with Gasteiger partial charge in [0.05, 0.1) is 28.8 Å². The topological polar surface area (TPSA) is 102 Å². The monoisotopic (exact) mass is 383 g/mol. The van der Waals surface area contributed by atoms with Crippen molar-refractivity contribution in [3.05, 3.63) is 52.3 Å². The lowest BCUT2D eigenvalue weighted by Gasteiger charge is -2.24. The predicted molar refractivity (Wildman–Crippen MR) is 107 cm³/mol. The highest BCUT2D eigenvalue weighted by atomic mass is 16.6. The molecule has 1 amide bonds. The Morgan fingerprint density at radius 1 is 1.36 bits per heavy atom. The summed E-state index contributed by atoms with van der Waals surface area (Å²) in [5, 5.41) is 10.0. The van der Waals surface area contributed by atoms with Crippen LogP contribution >= 0.6 is 0 Å². The maximum atomic E-state index is 13.3. The zero-order valence-corrected chi connectivity index (χ0v) is 16.7. The average Bonchev–Trinajstić information content (AvgIpc) is 3.13. The van der Waals surface area contributed by atoms with Crippen molar-refractivity contribution < 1.29 is 9.53 Å². The van der Waals surface area contributed by atoms with Crippen LogP contribution in [0.2, 0.25) is 0 Å². The van der Waals surface area contributed by atoms with E-state index < -0.39 is 17.7 Å². The maximum Gasteiger partial charge on any atom is 0.408 e. The van der Waals surface area contributed by atoms with Crippen LogP contribution in [0.5, 0.6) is 0 Å². The van der Waals surface area contributed by atoms with Crippen LogP contribution in [-0.4, -0.2) is 31.4 Å².